The number of hydrogen-bond acceptors (Lipinski definition) is 10. The minimum Gasteiger partial charge on any atom is -0.491 e. The molecule has 3 heterocycles. The van der Waals surface area contributed by atoms with E-state index in [0.717, 1.165) is 120 Å². The summed E-state index contributed by atoms with van der Waals surface area (Å²) < 4.78 is 27.2. The van der Waals surface area contributed by atoms with Crippen molar-refractivity contribution in [3.05, 3.63) is 58.1 Å². The van der Waals surface area contributed by atoms with Crippen LogP contribution in [0.3, 0.4) is 0 Å². The van der Waals surface area contributed by atoms with Gasteiger partial charge in [-0.15, -0.1) is 0 Å². The van der Waals surface area contributed by atoms with Crippen LogP contribution in [0.5, 0.6) is 5.75 Å². The number of aliphatic hydroxyl groups is 1. The number of hydrogen-bond donors (Lipinski definition) is 3. The number of carbonyl (C=O) groups is 2. The Morgan fingerprint density at radius 1 is 1.02 bits per heavy atom. The fourth-order valence-corrected chi connectivity index (χ4v) is 10.6. The Morgan fingerprint density at radius 2 is 1.78 bits per heavy atom. The Balaban J connectivity index is 0.00000207. The first-order valence-electron chi connectivity index (χ1n) is 21.7. The highest BCUT2D eigenvalue weighted by Gasteiger charge is 2.48. The highest BCUT2D eigenvalue weighted by atomic mass is 35.5. The van der Waals surface area contributed by atoms with Crippen LogP contribution in [0.15, 0.2) is 36.4 Å². The van der Waals surface area contributed by atoms with Crippen LogP contribution in [-0.4, -0.2) is 128 Å². The highest BCUT2D eigenvalue weighted by Crippen LogP contribution is 2.47. The molecule has 1 saturated carbocycles. The number of ether oxygens (including phenoxy) is 2. The molecular formula is C45H70ClN5O6S. The van der Waals surface area contributed by atoms with Gasteiger partial charge in [0.1, 0.15) is 23.0 Å². The quantitative estimate of drug-likeness (QED) is 0.270. The van der Waals surface area contributed by atoms with E-state index in [9.17, 15) is 18.9 Å². The van der Waals surface area contributed by atoms with Crippen molar-refractivity contribution >= 4 is 40.5 Å². The average Bonchev–Trinajstić information content (AvgIpc) is 3.36. The zero-order chi connectivity index (χ0) is 41.7. The molecule has 1 saturated heterocycles. The van der Waals surface area contributed by atoms with E-state index in [1.165, 1.54) is 11.1 Å². The third-order valence-corrected chi connectivity index (χ3v) is 14.7. The van der Waals surface area contributed by atoms with E-state index in [2.05, 4.69) is 55.5 Å². The molecule has 58 heavy (non-hydrogen) atoms. The molecule has 7 unspecified atom stereocenters. The van der Waals surface area contributed by atoms with E-state index in [1.54, 1.807) is 20.3 Å². The van der Waals surface area contributed by atoms with Crippen LogP contribution in [0.25, 0.3) is 0 Å². The van der Waals surface area contributed by atoms with E-state index in [0.29, 0.717) is 38.1 Å². The minimum atomic E-state index is -1.56. The summed E-state index contributed by atoms with van der Waals surface area (Å²) in [6.45, 7) is 15.0. The predicted octanol–water partition coefficient (Wildman–Crippen LogP) is 6.08. The third-order valence-electron chi connectivity index (χ3n) is 12.9. The summed E-state index contributed by atoms with van der Waals surface area (Å²) in [6.07, 6.45) is 8.82. The molecule has 0 spiro atoms. The number of fused-ring (bicyclic) bond motifs is 2. The van der Waals surface area contributed by atoms with Gasteiger partial charge in [0.25, 0.3) is 5.91 Å². The van der Waals surface area contributed by atoms with Gasteiger partial charge >= 0.3 is 0 Å². The summed E-state index contributed by atoms with van der Waals surface area (Å²) in [5.74, 6) is 0.969. The zero-order valence-corrected chi connectivity index (χ0v) is 37.3. The Labute approximate surface area is 355 Å². The molecule has 6 rings (SSSR count). The summed E-state index contributed by atoms with van der Waals surface area (Å²) >= 11 is 6.50. The average molecular weight is 845 g/mol. The van der Waals surface area contributed by atoms with Gasteiger partial charge in [-0.2, -0.15) is 0 Å². The first-order valence-corrected chi connectivity index (χ1v) is 23.3. The van der Waals surface area contributed by atoms with Crippen molar-refractivity contribution in [3.8, 4) is 5.75 Å². The number of nitrogens with zero attached hydrogens (tertiary/aromatic N) is 3. The van der Waals surface area contributed by atoms with Crippen molar-refractivity contribution in [1.29, 1.82) is 0 Å². The number of β-amino-alcohol motifs (C(OH)–C–C–N with tert-alkyl or cyclic N) is 1. The van der Waals surface area contributed by atoms with E-state index >= 15 is 0 Å². The Bertz CT molecular complexity index is 1650. The second-order valence-electron chi connectivity index (χ2n) is 17.1. The molecule has 7 atom stereocenters. The molecule has 1 aliphatic carbocycles. The molecular weight excluding hydrogens is 774 g/mol. The molecule has 2 aromatic carbocycles. The van der Waals surface area contributed by atoms with Gasteiger partial charge < -0.3 is 34.5 Å². The van der Waals surface area contributed by atoms with Crippen molar-refractivity contribution in [2.45, 2.75) is 95.3 Å². The number of aryl methyl sites for hydroxylation is 1. The maximum absolute atomic E-state index is 13.6. The number of carbonyl (C=O) groups excluding carboxylic acids is 2. The molecule has 2 fully saturated rings. The van der Waals surface area contributed by atoms with Gasteiger partial charge in [-0.05, 0) is 118 Å². The van der Waals surface area contributed by atoms with E-state index in [4.69, 9.17) is 16.3 Å². The fraction of sp³-hybridized carbons (Fsp3) is 0.689. The van der Waals surface area contributed by atoms with Crippen molar-refractivity contribution < 1.29 is 28.4 Å². The maximum Gasteiger partial charge on any atom is 0.263 e. The second-order valence-corrected chi connectivity index (χ2v) is 19.1. The second kappa shape index (κ2) is 22.9. The lowest BCUT2D eigenvalue weighted by atomic mass is 9.62. The van der Waals surface area contributed by atoms with Crippen molar-refractivity contribution in [1.82, 2.24) is 19.8 Å². The molecule has 2 bridgehead atoms. The van der Waals surface area contributed by atoms with Gasteiger partial charge in [0.2, 0.25) is 0 Å². The predicted molar refractivity (Wildman–Crippen MR) is 236 cm³/mol. The van der Waals surface area contributed by atoms with Crippen LogP contribution in [0, 0.1) is 17.8 Å². The standard InChI is InChI=1S/C43H64ClN5O5S.C2H6O/c1-4-8-33-25-37(44)12-13-38(33)36-28-49-27-35-10-14-39(35)43(52,30-48-20-6-19-47(21-7-24-50)22-17-45-18-23-48)16-5-9-31(2)32(3)55(53)46-42(51)34-11-15-41(54-29-36)40(49)26-34;1-3-2/h11-13,15,24-26,31-32,35-36,39,45,52H,4-10,14,16-23,27-30H2,1-3H3,(H,46,51);1-2H3. The van der Waals surface area contributed by atoms with Gasteiger partial charge in [0, 0.05) is 89.5 Å². The largest absolute Gasteiger partial charge is 0.491 e. The molecule has 0 aromatic heterocycles. The van der Waals surface area contributed by atoms with Crippen LogP contribution in [0.4, 0.5) is 5.69 Å². The molecule has 3 N–H and O–H groups in total. The fourth-order valence-electron chi connectivity index (χ4n) is 9.38. The highest BCUT2D eigenvalue weighted by molar-refractivity contribution is 7.84. The number of amides is 1. The number of benzene rings is 2. The lowest BCUT2D eigenvalue weighted by Gasteiger charge is -2.51. The van der Waals surface area contributed by atoms with E-state index in [-0.39, 0.29) is 34.8 Å². The first-order chi connectivity index (χ1) is 28.0. The van der Waals surface area contributed by atoms with Crippen LogP contribution < -0.4 is 19.7 Å². The summed E-state index contributed by atoms with van der Waals surface area (Å²) in [6, 6.07) is 11.8. The van der Waals surface area contributed by atoms with Gasteiger partial charge in [-0.25, -0.2) is 4.21 Å². The number of nitrogens with one attached hydrogen (secondary N) is 2. The lowest BCUT2D eigenvalue weighted by Crippen LogP contribution is -2.57. The van der Waals surface area contributed by atoms with Gasteiger partial charge in [-0.1, -0.05) is 44.4 Å². The zero-order valence-electron chi connectivity index (χ0n) is 35.7. The molecule has 13 heteroatoms. The first kappa shape index (κ1) is 46.5. The Morgan fingerprint density at radius 3 is 2.50 bits per heavy atom. The van der Waals surface area contributed by atoms with Crippen LogP contribution in [0.2, 0.25) is 5.02 Å². The molecule has 11 nitrogen and oxygen atoms in total. The Kier molecular flexibility index (Phi) is 18.3. The summed E-state index contributed by atoms with van der Waals surface area (Å²) in [7, 11) is 1.69. The topological polar surface area (TPSA) is 124 Å². The van der Waals surface area contributed by atoms with Crippen molar-refractivity contribution in [2.75, 3.05) is 91.2 Å². The van der Waals surface area contributed by atoms with Crippen molar-refractivity contribution in [2.24, 2.45) is 17.8 Å². The number of rotatable bonds is 8. The monoisotopic (exact) mass is 843 g/mol. The number of anilines is 1. The Hall–Kier alpha value is -2.58. The van der Waals surface area contributed by atoms with E-state index < -0.39 is 16.6 Å². The minimum absolute atomic E-state index is 0.0778. The molecule has 2 aromatic rings. The molecule has 324 valence electrons. The van der Waals surface area contributed by atoms with Crippen LogP contribution >= 0.6 is 11.6 Å². The number of aldehydes is 1. The summed E-state index contributed by atoms with van der Waals surface area (Å²) in [5.41, 5.74) is 2.94. The number of methoxy groups -OCH3 is 1. The maximum atomic E-state index is 13.6. The van der Waals surface area contributed by atoms with Crippen molar-refractivity contribution in [3.63, 3.8) is 0 Å². The third kappa shape index (κ3) is 12.5. The van der Waals surface area contributed by atoms with Crippen LogP contribution in [-0.2, 0) is 26.9 Å². The van der Waals surface area contributed by atoms with E-state index in [1.807, 2.05) is 25.1 Å². The summed E-state index contributed by atoms with van der Waals surface area (Å²) in [5, 5.41) is 17.1. The van der Waals surface area contributed by atoms with Gasteiger partial charge in [-0.3, -0.25) is 14.4 Å². The molecule has 0 radical (unpaired) electrons. The normalized spacial score (nSPS) is 29.3. The number of halogens is 1. The summed E-state index contributed by atoms with van der Waals surface area (Å²) in [4.78, 5) is 31.9. The molecule has 1 amide bonds. The van der Waals surface area contributed by atoms with Gasteiger partial charge in [0.05, 0.1) is 23.1 Å². The smallest absolute Gasteiger partial charge is 0.263 e. The lowest BCUT2D eigenvalue weighted by molar-refractivity contribution is -0.108. The SMILES string of the molecule is CCCc1cc(Cl)ccc1C1COc2ccc3cc2N(C1)CC1CCC1C(O)(CN1CCCN(CCC=O)CCNCC1)CCCC(C)C(C)S(=O)NC3=O.COC. The van der Waals surface area contributed by atoms with Crippen LogP contribution in [0.1, 0.15) is 99.5 Å². The molecule has 4 aliphatic rings. The van der Waals surface area contributed by atoms with Gasteiger partial charge in [0.15, 0.2) is 0 Å². The molecule has 3 aliphatic heterocycles.